The molecule has 0 aliphatic carbocycles. The Balaban J connectivity index is 2.86. The van der Waals surface area contributed by atoms with Gasteiger partial charge in [0.15, 0.2) is 0 Å². The smallest absolute Gasteiger partial charge is 0.245 e. The van der Waals surface area contributed by atoms with Crippen LogP contribution in [0.15, 0.2) is 0 Å². The lowest BCUT2D eigenvalue weighted by Crippen LogP contribution is -2.56. The Bertz CT molecular complexity index is 512. The molecule has 0 radical (unpaired) electrons. The molecule has 1 saturated heterocycles. The molecule has 28 heavy (non-hydrogen) atoms. The molecule has 1 aliphatic heterocycles. The van der Waals surface area contributed by atoms with Crippen LogP contribution in [0, 0.1) is 11.8 Å². The monoisotopic (exact) mass is 399 g/mol. The molecule has 0 saturated carbocycles. The van der Waals surface area contributed by atoms with Crippen LogP contribution in [0.2, 0.25) is 0 Å². The number of nitrogens with zero attached hydrogens (tertiary/aromatic N) is 1. The van der Waals surface area contributed by atoms with Crippen molar-refractivity contribution in [1.29, 1.82) is 0 Å². The number of piperidine rings is 1. The summed E-state index contributed by atoms with van der Waals surface area (Å²) in [6, 6.07) is -0.912. The molecule has 8 heteroatoms. The molecule has 3 unspecified atom stereocenters. The highest BCUT2D eigenvalue weighted by molar-refractivity contribution is 5.90. The molecular formula is C20H37N3O5. The third-order valence-corrected chi connectivity index (χ3v) is 5.43. The van der Waals surface area contributed by atoms with Gasteiger partial charge in [-0.3, -0.25) is 19.6 Å². The zero-order valence-corrected chi connectivity index (χ0v) is 17.4. The number of carbonyl (C=O) groups excluding carboxylic acids is 3. The molecule has 3 amide bonds. The van der Waals surface area contributed by atoms with Crippen LogP contribution in [0.1, 0.15) is 72.1 Å². The third kappa shape index (κ3) is 7.39. The van der Waals surface area contributed by atoms with E-state index in [4.69, 9.17) is 5.21 Å². The molecule has 8 nitrogen and oxygen atoms in total. The molecule has 0 aromatic carbocycles. The number of unbranched alkanes of at least 4 members (excludes halogenated alkanes) is 2. The Hall–Kier alpha value is -1.67. The Morgan fingerprint density at radius 2 is 1.89 bits per heavy atom. The standard InChI is InChI=1S/C20H37N3O5/c1-4-5-6-9-15(12-17(25)22-28)19(26)21-18(14(2)3)20(27)23-11-8-7-10-16(23)13-24/h14-16,18,24,28H,4-13H2,1-3H3,(H,21,26)(H,22,25). The van der Waals surface area contributed by atoms with Crippen LogP contribution in [0.5, 0.6) is 0 Å². The van der Waals surface area contributed by atoms with Crippen LogP contribution in [0.4, 0.5) is 0 Å². The molecule has 0 aromatic heterocycles. The van der Waals surface area contributed by atoms with Crippen LogP contribution in [-0.4, -0.2) is 58.2 Å². The number of nitrogens with one attached hydrogen (secondary N) is 2. The highest BCUT2D eigenvalue weighted by atomic mass is 16.5. The molecule has 0 aromatic rings. The number of aliphatic hydroxyl groups is 1. The van der Waals surface area contributed by atoms with Crippen LogP contribution in [0.3, 0.4) is 0 Å². The fraction of sp³-hybridized carbons (Fsp3) is 0.850. The second kappa shape index (κ2) is 12.7. The van der Waals surface area contributed by atoms with Gasteiger partial charge < -0.3 is 15.3 Å². The second-order valence-corrected chi connectivity index (χ2v) is 8.03. The van der Waals surface area contributed by atoms with E-state index in [1.807, 2.05) is 13.8 Å². The van der Waals surface area contributed by atoms with Gasteiger partial charge in [-0.05, 0) is 31.6 Å². The van der Waals surface area contributed by atoms with E-state index in [2.05, 4.69) is 12.2 Å². The minimum Gasteiger partial charge on any atom is -0.394 e. The van der Waals surface area contributed by atoms with E-state index >= 15 is 0 Å². The molecule has 0 bridgehead atoms. The Morgan fingerprint density at radius 3 is 2.46 bits per heavy atom. The third-order valence-electron chi connectivity index (χ3n) is 5.43. The zero-order chi connectivity index (χ0) is 21.1. The molecule has 1 heterocycles. The summed E-state index contributed by atoms with van der Waals surface area (Å²) in [4.78, 5) is 39.2. The molecule has 4 N–H and O–H groups in total. The maximum absolute atomic E-state index is 13.1. The van der Waals surface area contributed by atoms with E-state index in [1.165, 1.54) is 0 Å². The summed E-state index contributed by atoms with van der Waals surface area (Å²) in [6.45, 7) is 6.29. The first-order chi connectivity index (χ1) is 13.3. The Kier molecular flexibility index (Phi) is 11.1. The summed E-state index contributed by atoms with van der Waals surface area (Å²) >= 11 is 0. The lowest BCUT2D eigenvalue weighted by Gasteiger charge is -2.38. The van der Waals surface area contributed by atoms with E-state index in [-0.39, 0.29) is 36.8 Å². The van der Waals surface area contributed by atoms with E-state index in [0.717, 1.165) is 38.5 Å². The number of hydrogen-bond donors (Lipinski definition) is 4. The van der Waals surface area contributed by atoms with Crippen LogP contribution < -0.4 is 10.8 Å². The number of hydroxylamine groups is 1. The van der Waals surface area contributed by atoms with Crippen LogP contribution in [0.25, 0.3) is 0 Å². The van der Waals surface area contributed by atoms with Gasteiger partial charge in [-0.2, -0.15) is 0 Å². The van der Waals surface area contributed by atoms with Crippen LogP contribution in [-0.2, 0) is 14.4 Å². The number of hydrogen-bond acceptors (Lipinski definition) is 5. The molecule has 162 valence electrons. The lowest BCUT2D eigenvalue weighted by molar-refractivity contribution is -0.143. The Labute approximate surface area is 168 Å². The quantitative estimate of drug-likeness (QED) is 0.239. The fourth-order valence-electron chi connectivity index (χ4n) is 3.68. The largest absolute Gasteiger partial charge is 0.394 e. The zero-order valence-electron chi connectivity index (χ0n) is 17.4. The number of likely N-dealkylation sites (tertiary alicyclic amines) is 1. The van der Waals surface area contributed by atoms with Crippen molar-refractivity contribution in [1.82, 2.24) is 15.7 Å². The average Bonchev–Trinajstić information content (AvgIpc) is 2.70. The summed E-state index contributed by atoms with van der Waals surface area (Å²) in [5.41, 5.74) is 1.58. The van der Waals surface area contributed by atoms with E-state index in [0.29, 0.717) is 13.0 Å². The SMILES string of the molecule is CCCCCC(CC(=O)NO)C(=O)NC(C(=O)N1CCCCC1CO)C(C)C. The normalized spacial score (nSPS) is 19.2. The number of amides is 3. The summed E-state index contributed by atoms with van der Waals surface area (Å²) in [6.07, 6.45) is 5.77. The summed E-state index contributed by atoms with van der Waals surface area (Å²) in [5.74, 6) is -1.85. The van der Waals surface area contributed by atoms with Gasteiger partial charge in [0.25, 0.3) is 0 Å². The first-order valence-electron chi connectivity index (χ1n) is 10.5. The van der Waals surface area contributed by atoms with Crippen molar-refractivity contribution in [3.8, 4) is 0 Å². The predicted molar refractivity (Wildman–Crippen MR) is 105 cm³/mol. The Morgan fingerprint density at radius 1 is 1.18 bits per heavy atom. The molecule has 1 fully saturated rings. The maximum Gasteiger partial charge on any atom is 0.245 e. The summed E-state index contributed by atoms with van der Waals surface area (Å²) < 4.78 is 0. The molecule has 0 spiro atoms. The van der Waals surface area contributed by atoms with E-state index in [9.17, 15) is 19.5 Å². The number of carbonyl (C=O) groups is 3. The van der Waals surface area contributed by atoms with Gasteiger partial charge in [0, 0.05) is 18.9 Å². The molecular weight excluding hydrogens is 362 g/mol. The topological polar surface area (TPSA) is 119 Å². The van der Waals surface area contributed by atoms with Gasteiger partial charge in [0.2, 0.25) is 17.7 Å². The van der Waals surface area contributed by atoms with Crippen LogP contribution >= 0.6 is 0 Å². The molecule has 3 atom stereocenters. The van der Waals surface area contributed by atoms with E-state index in [1.54, 1.807) is 10.4 Å². The highest BCUT2D eigenvalue weighted by Crippen LogP contribution is 2.21. The maximum atomic E-state index is 13.1. The number of aliphatic hydroxyl groups excluding tert-OH is 1. The highest BCUT2D eigenvalue weighted by Gasteiger charge is 2.35. The van der Waals surface area contributed by atoms with Gasteiger partial charge in [0.05, 0.1) is 12.6 Å². The number of rotatable bonds is 11. The van der Waals surface area contributed by atoms with Gasteiger partial charge in [0.1, 0.15) is 6.04 Å². The van der Waals surface area contributed by atoms with Crippen molar-refractivity contribution < 1.29 is 24.7 Å². The van der Waals surface area contributed by atoms with Crippen molar-refractivity contribution in [2.24, 2.45) is 11.8 Å². The van der Waals surface area contributed by atoms with Gasteiger partial charge in [-0.15, -0.1) is 0 Å². The molecule has 1 rings (SSSR count). The summed E-state index contributed by atoms with van der Waals surface area (Å²) in [5, 5.41) is 21.2. The molecule has 1 aliphatic rings. The first kappa shape index (κ1) is 24.4. The van der Waals surface area contributed by atoms with Gasteiger partial charge in [-0.25, -0.2) is 5.48 Å². The first-order valence-corrected chi connectivity index (χ1v) is 10.5. The van der Waals surface area contributed by atoms with Gasteiger partial charge in [-0.1, -0.05) is 40.0 Å². The van der Waals surface area contributed by atoms with Crippen molar-refractivity contribution >= 4 is 17.7 Å². The predicted octanol–water partition coefficient (Wildman–Crippen LogP) is 1.59. The lowest BCUT2D eigenvalue weighted by atomic mass is 9.94. The van der Waals surface area contributed by atoms with Crippen molar-refractivity contribution in [2.45, 2.75) is 84.2 Å². The summed E-state index contributed by atoms with van der Waals surface area (Å²) in [7, 11) is 0. The van der Waals surface area contributed by atoms with Crippen molar-refractivity contribution in [2.75, 3.05) is 13.2 Å². The van der Waals surface area contributed by atoms with Gasteiger partial charge >= 0.3 is 0 Å². The minimum atomic E-state index is -0.703. The van der Waals surface area contributed by atoms with Crippen molar-refractivity contribution in [3.63, 3.8) is 0 Å². The fourth-order valence-corrected chi connectivity index (χ4v) is 3.68. The minimum absolute atomic E-state index is 0.0825. The average molecular weight is 400 g/mol. The van der Waals surface area contributed by atoms with E-state index < -0.39 is 17.9 Å². The second-order valence-electron chi connectivity index (χ2n) is 8.03. The van der Waals surface area contributed by atoms with Crippen molar-refractivity contribution in [3.05, 3.63) is 0 Å².